The molecule has 5 heterocycles. The van der Waals surface area contributed by atoms with Crippen molar-refractivity contribution in [3.05, 3.63) is 95.1 Å². The number of halogens is 4. The SMILES string of the molecule is O=C(Cl)c1ccc2c(c1)-c1nc-2nc2[n-]c(nc3nc(nc4[n-]c(n1)c1ccc(C(=O)Cl)cc41)-c1ccc(C(=O)Cl)cc1-3)c1ccc(C(=O)Cl)cc21.[Cu+2]. The Morgan fingerprint density at radius 3 is 1.04 bits per heavy atom. The normalized spacial score (nSPS) is 11.5. The summed E-state index contributed by atoms with van der Waals surface area (Å²) in [5.41, 5.74) is 3.35. The number of rotatable bonds is 4. The zero-order chi connectivity index (χ0) is 36.0. The molecule has 0 aliphatic carbocycles. The van der Waals surface area contributed by atoms with Gasteiger partial charge in [0, 0.05) is 67.1 Å². The smallest absolute Gasteiger partial charge is 0.357 e. The quantitative estimate of drug-likeness (QED) is 0.126. The van der Waals surface area contributed by atoms with Crippen LogP contribution < -0.4 is 9.97 Å². The summed E-state index contributed by atoms with van der Waals surface area (Å²) in [5.74, 6) is 0.671. The van der Waals surface area contributed by atoms with Crippen LogP contribution in [0.1, 0.15) is 41.4 Å². The molecule has 17 heteroatoms. The number of fused-ring (bicyclic) bond motifs is 20. The first-order valence-electron chi connectivity index (χ1n) is 15.1. The number of nitrogens with zero attached hydrogens (tertiary/aromatic N) is 8. The van der Waals surface area contributed by atoms with Crippen LogP contribution in [0.15, 0.2) is 72.8 Å². The first-order chi connectivity index (χ1) is 25.0. The van der Waals surface area contributed by atoms with Gasteiger partial charge in [0.15, 0.2) is 0 Å². The Morgan fingerprint density at radius 2 is 0.679 bits per heavy atom. The molecule has 2 aliphatic rings. The van der Waals surface area contributed by atoms with Gasteiger partial charge >= 0.3 is 17.1 Å². The maximum absolute atomic E-state index is 12.2. The molecule has 0 atom stereocenters. The average molecular weight is 826 g/mol. The minimum Gasteiger partial charge on any atom is -0.357 e. The number of hydrogen-bond donors (Lipinski definition) is 0. The maximum atomic E-state index is 12.2. The molecular weight excluding hydrogens is 814 g/mol. The van der Waals surface area contributed by atoms with Gasteiger partial charge in [0.05, 0.1) is 23.3 Å². The van der Waals surface area contributed by atoms with Crippen LogP contribution in [0.4, 0.5) is 0 Å². The van der Waals surface area contributed by atoms with E-state index < -0.39 is 21.0 Å². The third-order valence-corrected chi connectivity index (χ3v) is 9.48. The largest absolute Gasteiger partial charge is 2.00 e. The summed E-state index contributed by atoms with van der Waals surface area (Å²) in [6.45, 7) is 0. The Morgan fingerprint density at radius 1 is 0.377 bits per heavy atom. The molecular formula is C36H12Cl4CuN8O4. The molecule has 259 valence electrons. The van der Waals surface area contributed by atoms with E-state index in [1.165, 1.54) is 24.3 Å². The van der Waals surface area contributed by atoms with Crippen LogP contribution in [-0.4, -0.2) is 50.9 Å². The zero-order valence-corrected chi connectivity index (χ0v) is 29.9. The molecule has 53 heavy (non-hydrogen) atoms. The van der Waals surface area contributed by atoms with E-state index in [0.717, 1.165) is 0 Å². The molecule has 1 radical (unpaired) electrons. The Kier molecular flexibility index (Phi) is 8.45. The van der Waals surface area contributed by atoms with Crippen molar-refractivity contribution in [2.75, 3.05) is 0 Å². The van der Waals surface area contributed by atoms with Gasteiger partial charge in [0.1, 0.15) is 0 Å². The Balaban J connectivity index is 0.00000400. The molecule has 0 amide bonds. The second-order valence-electron chi connectivity index (χ2n) is 11.6. The number of hydrogen-bond acceptors (Lipinski definition) is 10. The Bertz CT molecular complexity index is 2820. The first-order valence-corrected chi connectivity index (χ1v) is 16.6. The van der Waals surface area contributed by atoms with E-state index in [4.69, 9.17) is 86.3 Å². The molecule has 9 rings (SSSR count). The molecule has 12 nitrogen and oxygen atoms in total. The predicted octanol–water partition coefficient (Wildman–Crippen LogP) is 7.64. The van der Waals surface area contributed by atoms with E-state index in [1.807, 2.05) is 0 Å². The van der Waals surface area contributed by atoms with E-state index >= 15 is 0 Å². The Labute approximate surface area is 326 Å². The van der Waals surface area contributed by atoms with Crippen LogP contribution in [0, 0.1) is 0 Å². The molecule has 0 fully saturated rings. The van der Waals surface area contributed by atoms with E-state index in [2.05, 4.69) is 0 Å². The van der Waals surface area contributed by atoms with Gasteiger partial charge in [-0.25, -0.2) is 9.97 Å². The van der Waals surface area contributed by atoms with Crippen molar-refractivity contribution < 1.29 is 36.2 Å². The van der Waals surface area contributed by atoms with Gasteiger partial charge in [-0.3, -0.25) is 19.2 Å². The second-order valence-corrected chi connectivity index (χ2v) is 13.0. The van der Waals surface area contributed by atoms with Gasteiger partial charge in [0.25, 0.3) is 21.0 Å². The van der Waals surface area contributed by atoms with Crippen LogP contribution >= 0.6 is 46.4 Å². The predicted molar refractivity (Wildman–Crippen MR) is 195 cm³/mol. The summed E-state index contributed by atoms with van der Waals surface area (Å²) in [6, 6.07) is 18.9. The monoisotopic (exact) mass is 823 g/mol. The van der Waals surface area contributed by atoms with Gasteiger partial charge in [-0.1, -0.05) is 24.3 Å². The summed E-state index contributed by atoms with van der Waals surface area (Å²) in [4.78, 5) is 87.0. The van der Waals surface area contributed by atoms with Crippen molar-refractivity contribution in [3.8, 4) is 45.6 Å². The van der Waals surface area contributed by atoms with Crippen molar-refractivity contribution in [3.63, 3.8) is 0 Å². The second kappa shape index (κ2) is 12.9. The van der Waals surface area contributed by atoms with Crippen molar-refractivity contribution in [1.82, 2.24) is 39.9 Å². The molecule has 8 bridgehead atoms. The number of aromatic nitrogens is 8. The van der Waals surface area contributed by atoms with E-state index in [0.29, 0.717) is 43.8 Å². The third kappa shape index (κ3) is 5.78. The molecule has 3 aromatic heterocycles. The number of carbonyl (C=O) groups is 4. The molecule has 2 aliphatic heterocycles. The summed E-state index contributed by atoms with van der Waals surface area (Å²) in [5, 5.41) is -0.869. The standard InChI is InChI=1S/C36H13Cl4N8O4.Cu/c37-25(49)13-1-5-17-21(9-13)33-41-29(17)45-34-22-10-14(26(38)50)2-6-18(22)31(42-34)47-36-24-12-16(28(40)52)4-8-20(24)32(44-36)48-35-23-11-15(27(39)51)3-7-19(23)30(43-35)46-33;/h1-12H,(H-,41,42,43,44,45,46,47,48,49,50,51,52);/q-1;+2/p-1. The minimum atomic E-state index is -0.688. The van der Waals surface area contributed by atoms with Gasteiger partial charge in [0.2, 0.25) is 0 Å². The van der Waals surface area contributed by atoms with Gasteiger partial charge < -0.3 is 29.9 Å². The summed E-state index contributed by atoms with van der Waals surface area (Å²) >= 11 is 23.4. The van der Waals surface area contributed by atoms with Gasteiger partial charge in [-0.15, -0.1) is 0 Å². The van der Waals surface area contributed by atoms with Crippen molar-refractivity contribution in [1.29, 1.82) is 0 Å². The van der Waals surface area contributed by atoms with Crippen LogP contribution in [-0.2, 0) is 17.1 Å². The molecule has 0 spiro atoms. The summed E-state index contributed by atoms with van der Waals surface area (Å²) in [6.07, 6.45) is 0. The van der Waals surface area contributed by atoms with Crippen LogP contribution in [0.3, 0.4) is 0 Å². The van der Waals surface area contributed by atoms with Crippen LogP contribution in [0.5, 0.6) is 0 Å². The molecule has 0 N–H and O–H groups in total. The van der Waals surface area contributed by atoms with Gasteiger partial charge in [-0.05, 0) is 116 Å². The van der Waals surface area contributed by atoms with Crippen molar-refractivity contribution >= 4 is 112 Å². The summed E-state index contributed by atoms with van der Waals surface area (Å²) < 4.78 is 0. The first kappa shape index (κ1) is 34.7. The summed E-state index contributed by atoms with van der Waals surface area (Å²) in [7, 11) is 0. The van der Waals surface area contributed by atoms with E-state index in [9.17, 15) is 19.2 Å². The van der Waals surface area contributed by atoms with Crippen molar-refractivity contribution in [2.24, 2.45) is 0 Å². The van der Waals surface area contributed by atoms with E-state index in [-0.39, 0.29) is 85.2 Å². The topological polar surface area (TPSA) is 174 Å². The minimum absolute atomic E-state index is 0. The zero-order valence-electron chi connectivity index (χ0n) is 26.0. The van der Waals surface area contributed by atoms with Crippen molar-refractivity contribution in [2.45, 2.75) is 0 Å². The van der Waals surface area contributed by atoms with E-state index in [1.54, 1.807) is 48.5 Å². The number of benzene rings is 4. The average Bonchev–Trinajstić information content (AvgIpc) is 3.85. The van der Waals surface area contributed by atoms with Crippen LogP contribution in [0.2, 0.25) is 0 Å². The molecule has 0 saturated heterocycles. The fraction of sp³-hybridized carbons (Fsp3) is 0. The fourth-order valence-corrected chi connectivity index (χ4v) is 6.62. The molecule has 7 aromatic rings. The van der Waals surface area contributed by atoms with Gasteiger partial charge in [-0.2, -0.15) is 0 Å². The van der Waals surface area contributed by atoms with Crippen LogP contribution in [0.25, 0.3) is 89.7 Å². The third-order valence-electron chi connectivity index (χ3n) is 8.61. The number of carbonyl (C=O) groups excluding carboxylic acids is 4. The maximum Gasteiger partial charge on any atom is 2.00 e. The molecule has 4 aromatic carbocycles. The fourth-order valence-electron chi connectivity index (χ4n) is 6.15. The molecule has 0 saturated carbocycles. The molecule has 0 unspecified atom stereocenters. The Hall–Kier alpha value is -5.40.